The van der Waals surface area contributed by atoms with Crippen molar-refractivity contribution in [1.82, 2.24) is 4.98 Å². The molecule has 0 aliphatic carbocycles. The Labute approximate surface area is 105 Å². The van der Waals surface area contributed by atoms with Crippen molar-refractivity contribution in [2.75, 3.05) is 6.61 Å². The highest BCUT2D eigenvalue weighted by atomic mass is 16.5. The van der Waals surface area contributed by atoms with Crippen molar-refractivity contribution in [3.63, 3.8) is 0 Å². The third kappa shape index (κ3) is 1.93. The summed E-state index contributed by atoms with van der Waals surface area (Å²) in [6, 6.07) is 12.0. The molecule has 0 spiro atoms. The van der Waals surface area contributed by atoms with E-state index in [1.165, 1.54) is 5.56 Å². The minimum Gasteiger partial charge on any atom is -0.468 e. The van der Waals surface area contributed by atoms with Crippen LogP contribution in [0.5, 0.6) is 5.88 Å². The Bertz CT molecular complexity index is 617. The molecule has 18 heavy (non-hydrogen) atoms. The predicted octanol–water partition coefficient (Wildman–Crippen LogP) is 2.44. The van der Waals surface area contributed by atoms with Crippen molar-refractivity contribution in [3.8, 4) is 17.1 Å². The number of amidine groups is 1. The molecule has 0 atom stereocenters. The quantitative estimate of drug-likeness (QED) is 0.831. The van der Waals surface area contributed by atoms with Gasteiger partial charge >= 0.3 is 0 Å². The Morgan fingerprint density at radius 1 is 1.11 bits per heavy atom. The van der Waals surface area contributed by atoms with Crippen LogP contribution in [-0.4, -0.2) is 17.4 Å². The molecule has 0 radical (unpaired) electrons. The smallest absolute Gasteiger partial charge is 0.241 e. The van der Waals surface area contributed by atoms with E-state index in [1.807, 2.05) is 24.3 Å². The molecule has 1 aromatic carbocycles. The highest BCUT2D eigenvalue weighted by molar-refractivity contribution is 5.87. The lowest BCUT2D eigenvalue weighted by Gasteiger charge is -2.14. The number of ether oxygens (including phenoxy) is 1. The van der Waals surface area contributed by atoms with Gasteiger partial charge < -0.3 is 10.5 Å². The van der Waals surface area contributed by atoms with E-state index in [2.05, 4.69) is 29.0 Å². The summed E-state index contributed by atoms with van der Waals surface area (Å²) in [6.45, 7) is 2.36. The van der Waals surface area contributed by atoms with Crippen LogP contribution in [0.25, 0.3) is 11.3 Å². The van der Waals surface area contributed by atoms with Gasteiger partial charge in [-0.1, -0.05) is 29.8 Å². The Morgan fingerprint density at radius 3 is 2.67 bits per heavy atom. The van der Waals surface area contributed by atoms with E-state index in [9.17, 15) is 0 Å². The molecule has 90 valence electrons. The second-order valence-electron chi connectivity index (χ2n) is 4.28. The molecule has 0 fully saturated rings. The van der Waals surface area contributed by atoms with Gasteiger partial charge in [0.2, 0.25) is 5.88 Å². The molecule has 1 aliphatic rings. The second-order valence-corrected chi connectivity index (χ2v) is 4.28. The summed E-state index contributed by atoms with van der Waals surface area (Å²) in [7, 11) is 0. The molecule has 2 N–H and O–H groups in total. The maximum atomic E-state index is 5.61. The molecule has 1 aromatic heterocycles. The van der Waals surface area contributed by atoms with Gasteiger partial charge in [-0.2, -0.15) is 0 Å². The van der Waals surface area contributed by atoms with E-state index in [0.717, 1.165) is 11.3 Å². The normalized spacial score (nSPS) is 13.5. The summed E-state index contributed by atoms with van der Waals surface area (Å²) < 4.78 is 5.45. The van der Waals surface area contributed by atoms with Gasteiger partial charge in [0.1, 0.15) is 18.1 Å². The standard InChI is InChI=1S/C14H13N3O/c1-9-2-4-10(5-3-9)11-6-7-12-14(17-11)18-8-13(15)16-12/h2-7H,8H2,1H3,(H2,15,16). The molecule has 1 aliphatic heterocycles. The Balaban J connectivity index is 2.03. The van der Waals surface area contributed by atoms with Gasteiger partial charge in [0.25, 0.3) is 0 Å². The highest BCUT2D eigenvalue weighted by Crippen LogP contribution is 2.31. The lowest BCUT2D eigenvalue weighted by molar-refractivity contribution is 0.356. The number of hydrogen-bond acceptors (Lipinski definition) is 4. The van der Waals surface area contributed by atoms with Gasteiger partial charge in [0.05, 0.1) is 5.69 Å². The van der Waals surface area contributed by atoms with Gasteiger partial charge in [-0.05, 0) is 19.1 Å². The monoisotopic (exact) mass is 239 g/mol. The van der Waals surface area contributed by atoms with Crippen LogP contribution in [0.1, 0.15) is 5.56 Å². The molecule has 0 unspecified atom stereocenters. The largest absolute Gasteiger partial charge is 0.468 e. The molecule has 3 rings (SSSR count). The van der Waals surface area contributed by atoms with Gasteiger partial charge in [0.15, 0.2) is 0 Å². The van der Waals surface area contributed by atoms with Crippen molar-refractivity contribution in [2.45, 2.75) is 6.92 Å². The van der Waals surface area contributed by atoms with Crippen LogP contribution >= 0.6 is 0 Å². The molecule has 4 nitrogen and oxygen atoms in total. The Morgan fingerprint density at radius 2 is 1.89 bits per heavy atom. The maximum Gasteiger partial charge on any atom is 0.241 e. The number of benzene rings is 1. The first kappa shape index (κ1) is 10.8. The fourth-order valence-electron chi connectivity index (χ4n) is 1.84. The number of nitrogens with zero attached hydrogens (tertiary/aromatic N) is 2. The summed E-state index contributed by atoms with van der Waals surface area (Å²) in [5.41, 5.74) is 9.47. The third-order valence-electron chi connectivity index (χ3n) is 2.81. The topological polar surface area (TPSA) is 60.5 Å². The van der Waals surface area contributed by atoms with E-state index >= 15 is 0 Å². The van der Waals surface area contributed by atoms with Crippen molar-refractivity contribution in [2.24, 2.45) is 10.7 Å². The molecule has 2 heterocycles. The number of nitrogens with two attached hydrogens (primary N) is 1. The fourth-order valence-corrected chi connectivity index (χ4v) is 1.84. The van der Waals surface area contributed by atoms with Gasteiger partial charge in [-0.3, -0.25) is 0 Å². The lowest BCUT2D eigenvalue weighted by Crippen LogP contribution is -2.23. The van der Waals surface area contributed by atoms with Crippen molar-refractivity contribution in [3.05, 3.63) is 42.0 Å². The zero-order valence-corrected chi connectivity index (χ0v) is 10.1. The van der Waals surface area contributed by atoms with Crippen molar-refractivity contribution < 1.29 is 4.74 Å². The van der Waals surface area contributed by atoms with Crippen LogP contribution in [0.3, 0.4) is 0 Å². The summed E-state index contributed by atoms with van der Waals surface area (Å²) in [5.74, 6) is 1.02. The average Bonchev–Trinajstić information content (AvgIpc) is 2.39. The number of pyridine rings is 1. The van der Waals surface area contributed by atoms with E-state index < -0.39 is 0 Å². The van der Waals surface area contributed by atoms with Crippen LogP contribution in [0, 0.1) is 6.92 Å². The molecular weight excluding hydrogens is 226 g/mol. The minimum absolute atomic E-state index is 0.303. The summed E-state index contributed by atoms with van der Waals surface area (Å²) >= 11 is 0. The highest BCUT2D eigenvalue weighted by Gasteiger charge is 2.13. The molecule has 2 aromatic rings. The van der Waals surface area contributed by atoms with E-state index in [1.54, 1.807) is 0 Å². The molecule has 0 amide bonds. The van der Waals surface area contributed by atoms with Gasteiger partial charge in [-0.15, -0.1) is 0 Å². The lowest BCUT2D eigenvalue weighted by atomic mass is 10.1. The summed E-state index contributed by atoms with van der Waals surface area (Å²) in [6.07, 6.45) is 0. The van der Waals surface area contributed by atoms with Crippen LogP contribution in [0.2, 0.25) is 0 Å². The van der Waals surface area contributed by atoms with Crippen LogP contribution in [0.4, 0.5) is 5.69 Å². The number of rotatable bonds is 1. The molecule has 0 saturated heterocycles. The average molecular weight is 239 g/mol. The summed E-state index contributed by atoms with van der Waals surface area (Å²) in [4.78, 5) is 8.66. The van der Waals surface area contributed by atoms with E-state index in [-0.39, 0.29) is 0 Å². The first-order valence-electron chi connectivity index (χ1n) is 5.76. The molecule has 0 saturated carbocycles. The zero-order valence-electron chi connectivity index (χ0n) is 10.1. The SMILES string of the molecule is Cc1ccc(-c2ccc3c(n2)OCC(N)=N3)cc1. The van der Waals surface area contributed by atoms with Gasteiger partial charge in [0, 0.05) is 5.56 Å². The van der Waals surface area contributed by atoms with Crippen LogP contribution < -0.4 is 10.5 Å². The Kier molecular flexibility index (Phi) is 2.48. The zero-order chi connectivity index (χ0) is 12.5. The number of aliphatic imine (C=N–C) groups is 1. The van der Waals surface area contributed by atoms with Crippen LogP contribution in [-0.2, 0) is 0 Å². The number of aryl methyl sites for hydroxylation is 1. The molecule has 4 heteroatoms. The fraction of sp³-hybridized carbons (Fsp3) is 0.143. The Hall–Kier alpha value is -2.36. The molecule has 0 bridgehead atoms. The number of hydrogen-bond donors (Lipinski definition) is 1. The minimum atomic E-state index is 0.303. The number of fused-ring (bicyclic) bond motifs is 1. The molecular formula is C14H13N3O. The van der Waals surface area contributed by atoms with E-state index in [4.69, 9.17) is 10.5 Å². The predicted molar refractivity (Wildman–Crippen MR) is 71.2 cm³/mol. The first-order valence-corrected chi connectivity index (χ1v) is 5.76. The van der Waals surface area contributed by atoms with Crippen LogP contribution in [0.15, 0.2) is 41.4 Å². The van der Waals surface area contributed by atoms with Crippen molar-refractivity contribution in [1.29, 1.82) is 0 Å². The van der Waals surface area contributed by atoms with Crippen molar-refractivity contribution >= 4 is 11.5 Å². The first-order chi connectivity index (χ1) is 8.72. The van der Waals surface area contributed by atoms with Gasteiger partial charge in [-0.25, -0.2) is 9.98 Å². The van der Waals surface area contributed by atoms with E-state index in [0.29, 0.717) is 24.0 Å². The second kappa shape index (κ2) is 4.14. The maximum absolute atomic E-state index is 5.61. The summed E-state index contributed by atoms with van der Waals surface area (Å²) in [5, 5.41) is 0. The number of aromatic nitrogens is 1. The third-order valence-corrected chi connectivity index (χ3v) is 2.81.